The molecule has 1 aliphatic rings. The molecule has 1 N–H and O–H groups in total. The van der Waals surface area contributed by atoms with Crippen LogP contribution in [-0.2, 0) is 13.0 Å². The van der Waals surface area contributed by atoms with Crippen molar-refractivity contribution in [3.8, 4) is 0 Å². The second-order valence-electron chi connectivity index (χ2n) is 4.46. The van der Waals surface area contributed by atoms with Crippen molar-refractivity contribution >= 4 is 5.69 Å². The maximum atomic E-state index is 3.51. The van der Waals surface area contributed by atoms with Gasteiger partial charge in [-0.3, -0.25) is 0 Å². The van der Waals surface area contributed by atoms with Crippen molar-refractivity contribution in [1.29, 1.82) is 0 Å². The predicted octanol–water partition coefficient (Wildman–Crippen LogP) is 3.51. The maximum Gasteiger partial charge on any atom is 0.0403 e. The minimum Gasteiger partial charge on any atom is -0.381 e. The molecule has 1 nitrogen and oxygen atoms in total. The summed E-state index contributed by atoms with van der Waals surface area (Å²) in [7, 11) is 0. The number of anilines is 1. The zero-order valence-corrected chi connectivity index (χ0v) is 9.46. The first-order valence-corrected chi connectivity index (χ1v) is 5.73. The van der Waals surface area contributed by atoms with Gasteiger partial charge in [0.05, 0.1) is 0 Å². The van der Waals surface area contributed by atoms with Gasteiger partial charge in [0, 0.05) is 12.2 Å². The van der Waals surface area contributed by atoms with Gasteiger partial charge >= 0.3 is 0 Å². The number of fused-ring (bicyclic) bond motifs is 2. The Morgan fingerprint density at radius 2 is 1.81 bits per heavy atom. The number of rotatable bonds is 0. The van der Waals surface area contributed by atoms with Crippen LogP contribution in [0.4, 0.5) is 5.69 Å². The van der Waals surface area contributed by atoms with Crippen LogP contribution in [0, 0.1) is 6.92 Å². The van der Waals surface area contributed by atoms with Gasteiger partial charge in [-0.2, -0.15) is 0 Å². The van der Waals surface area contributed by atoms with Crippen molar-refractivity contribution in [2.24, 2.45) is 0 Å². The maximum absolute atomic E-state index is 3.51. The minimum atomic E-state index is 0.939. The molecule has 16 heavy (non-hydrogen) atoms. The van der Waals surface area contributed by atoms with Gasteiger partial charge in [0.15, 0.2) is 0 Å². The predicted molar refractivity (Wildman–Crippen MR) is 67.8 cm³/mol. The molecule has 1 aliphatic heterocycles. The van der Waals surface area contributed by atoms with Crippen molar-refractivity contribution in [3.05, 3.63) is 64.7 Å². The number of benzene rings is 2. The first kappa shape index (κ1) is 9.46. The molecule has 0 amide bonds. The average molecular weight is 209 g/mol. The summed E-state index contributed by atoms with van der Waals surface area (Å²) in [5.74, 6) is 0. The number of nitrogens with one attached hydrogen (secondary N) is 1. The molecule has 0 radical (unpaired) electrons. The van der Waals surface area contributed by atoms with E-state index in [0.717, 1.165) is 13.0 Å². The van der Waals surface area contributed by atoms with Crippen LogP contribution in [0.1, 0.15) is 22.3 Å². The Balaban J connectivity index is 2.08. The number of hydrogen-bond acceptors (Lipinski definition) is 1. The molecule has 0 fully saturated rings. The Hall–Kier alpha value is -1.76. The Labute approximate surface area is 96.1 Å². The van der Waals surface area contributed by atoms with E-state index >= 15 is 0 Å². The summed E-state index contributed by atoms with van der Waals surface area (Å²) in [6, 6.07) is 15.3. The fraction of sp³-hybridized carbons (Fsp3) is 0.200. The summed E-state index contributed by atoms with van der Waals surface area (Å²) in [4.78, 5) is 0. The normalized spacial score (nSPS) is 13.3. The number of aryl methyl sites for hydroxylation is 1. The van der Waals surface area contributed by atoms with Crippen molar-refractivity contribution < 1.29 is 0 Å². The molecule has 0 atom stereocenters. The van der Waals surface area contributed by atoms with Gasteiger partial charge in [-0.1, -0.05) is 42.0 Å². The molecule has 1 heteroatoms. The number of hydrogen-bond donors (Lipinski definition) is 1. The van der Waals surface area contributed by atoms with E-state index in [0.29, 0.717) is 0 Å². The molecule has 2 aromatic rings. The van der Waals surface area contributed by atoms with Gasteiger partial charge in [-0.15, -0.1) is 0 Å². The topological polar surface area (TPSA) is 12.0 Å². The first-order valence-electron chi connectivity index (χ1n) is 5.73. The van der Waals surface area contributed by atoms with Gasteiger partial charge < -0.3 is 5.32 Å². The Kier molecular flexibility index (Phi) is 2.17. The molecule has 0 unspecified atom stereocenters. The van der Waals surface area contributed by atoms with Crippen molar-refractivity contribution in [1.82, 2.24) is 0 Å². The summed E-state index contributed by atoms with van der Waals surface area (Å²) in [5.41, 5.74) is 6.88. The Morgan fingerprint density at radius 1 is 0.938 bits per heavy atom. The standard InChI is InChI=1S/C15H15N/c1-11-6-7-12-9-13-4-2-3-5-15(13)16-10-14(12)8-11/h2-8,16H,9-10H2,1H3. The third kappa shape index (κ3) is 1.58. The van der Waals surface area contributed by atoms with Crippen LogP contribution >= 0.6 is 0 Å². The highest BCUT2D eigenvalue weighted by atomic mass is 14.9. The molecule has 0 spiro atoms. The summed E-state index contributed by atoms with van der Waals surface area (Å²) in [6.45, 7) is 3.09. The molecule has 0 aromatic heterocycles. The summed E-state index contributed by atoms with van der Waals surface area (Å²) < 4.78 is 0. The van der Waals surface area contributed by atoms with E-state index in [4.69, 9.17) is 0 Å². The van der Waals surface area contributed by atoms with E-state index in [1.807, 2.05) is 0 Å². The van der Waals surface area contributed by atoms with Crippen LogP contribution in [0.3, 0.4) is 0 Å². The molecule has 3 rings (SSSR count). The lowest BCUT2D eigenvalue weighted by Gasteiger charge is -2.06. The Morgan fingerprint density at radius 3 is 2.75 bits per heavy atom. The van der Waals surface area contributed by atoms with E-state index in [9.17, 15) is 0 Å². The molecule has 1 heterocycles. The number of para-hydroxylation sites is 1. The van der Waals surface area contributed by atoms with Gasteiger partial charge in [-0.05, 0) is 36.1 Å². The summed E-state index contributed by atoms with van der Waals surface area (Å²) in [6.07, 6.45) is 1.04. The quantitative estimate of drug-likeness (QED) is 0.700. The van der Waals surface area contributed by atoms with Gasteiger partial charge in [0.1, 0.15) is 0 Å². The molecule has 0 saturated heterocycles. The van der Waals surface area contributed by atoms with Gasteiger partial charge in [0.25, 0.3) is 0 Å². The van der Waals surface area contributed by atoms with E-state index < -0.39 is 0 Å². The van der Waals surface area contributed by atoms with Gasteiger partial charge in [0.2, 0.25) is 0 Å². The minimum absolute atomic E-state index is 0.939. The Bertz CT molecular complexity index is 529. The summed E-state index contributed by atoms with van der Waals surface area (Å²) in [5, 5.41) is 3.51. The largest absolute Gasteiger partial charge is 0.381 e. The second-order valence-corrected chi connectivity index (χ2v) is 4.46. The third-order valence-electron chi connectivity index (χ3n) is 3.23. The van der Waals surface area contributed by atoms with Crippen LogP contribution in [0.5, 0.6) is 0 Å². The SMILES string of the molecule is Cc1ccc2c(c1)CNc1ccccc1C2. The molecule has 2 aromatic carbocycles. The molecule has 0 saturated carbocycles. The van der Waals surface area contributed by atoms with Crippen molar-refractivity contribution in [2.75, 3.05) is 5.32 Å². The highest BCUT2D eigenvalue weighted by Crippen LogP contribution is 2.26. The highest BCUT2D eigenvalue weighted by molar-refractivity contribution is 5.56. The van der Waals surface area contributed by atoms with E-state index in [1.54, 1.807) is 0 Å². The van der Waals surface area contributed by atoms with E-state index in [1.165, 1.54) is 27.9 Å². The molecule has 0 bridgehead atoms. The first-order chi connectivity index (χ1) is 7.83. The van der Waals surface area contributed by atoms with Crippen LogP contribution in [0.2, 0.25) is 0 Å². The fourth-order valence-corrected chi connectivity index (χ4v) is 2.33. The van der Waals surface area contributed by atoms with Crippen molar-refractivity contribution in [3.63, 3.8) is 0 Å². The zero-order chi connectivity index (χ0) is 11.0. The lowest BCUT2D eigenvalue weighted by Crippen LogP contribution is -1.99. The van der Waals surface area contributed by atoms with Crippen molar-refractivity contribution in [2.45, 2.75) is 19.9 Å². The molecular formula is C15H15N. The lowest BCUT2D eigenvalue weighted by atomic mass is 9.99. The third-order valence-corrected chi connectivity index (χ3v) is 3.23. The van der Waals surface area contributed by atoms with Crippen LogP contribution in [-0.4, -0.2) is 0 Å². The second kappa shape index (κ2) is 3.67. The van der Waals surface area contributed by atoms with E-state index in [-0.39, 0.29) is 0 Å². The van der Waals surface area contributed by atoms with E-state index in [2.05, 4.69) is 54.7 Å². The summed E-state index contributed by atoms with van der Waals surface area (Å²) >= 11 is 0. The zero-order valence-electron chi connectivity index (χ0n) is 9.46. The monoisotopic (exact) mass is 209 g/mol. The van der Waals surface area contributed by atoms with Gasteiger partial charge in [-0.25, -0.2) is 0 Å². The lowest BCUT2D eigenvalue weighted by molar-refractivity contribution is 1.11. The van der Waals surface area contributed by atoms with Crippen LogP contribution in [0.15, 0.2) is 42.5 Å². The highest BCUT2D eigenvalue weighted by Gasteiger charge is 2.11. The molecule has 80 valence electrons. The van der Waals surface area contributed by atoms with Crippen LogP contribution in [0.25, 0.3) is 0 Å². The van der Waals surface area contributed by atoms with Crippen LogP contribution < -0.4 is 5.32 Å². The molecule has 0 aliphatic carbocycles. The fourth-order valence-electron chi connectivity index (χ4n) is 2.33. The average Bonchev–Trinajstić information content (AvgIpc) is 2.48. The molecular weight excluding hydrogens is 194 g/mol. The smallest absolute Gasteiger partial charge is 0.0403 e.